The van der Waals surface area contributed by atoms with Gasteiger partial charge in [-0.05, 0) is 36.2 Å². The number of benzene rings is 2. The zero-order valence-corrected chi connectivity index (χ0v) is 17.0. The van der Waals surface area contributed by atoms with Gasteiger partial charge in [0.2, 0.25) is 18.6 Å². The highest BCUT2D eigenvalue weighted by Crippen LogP contribution is 2.37. The van der Waals surface area contributed by atoms with Gasteiger partial charge in [0, 0.05) is 31.3 Å². The summed E-state index contributed by atoms with van der Waals surface area (Å²) in [6.07, 6.45) is 0.843. The lowest BCUT2D eigenvalue weighted by atomic mass is 10.1. The fraction of sp³-hybridized carbons (Fsp3) is 0.364. The summed E-state index contributed by atoms with van der Waals surface area (Å²) >= 11 is 0. The van der Waals surface area contributed by atoms with Gasteiger partial charge >= 0.3 is 0 Å². The second-order valence-electron chi connectivity index (χ2n) is 7.17. The number of fused-ring (bicyclic) bond motifs is 1. The van der Waals surface area contributed by atoms with E-state index < -0.39 is 0 Å². The van der Waals surface area contributed by atoms with E-state index in [9.17, 15) is 9.59 Å². The first kappa shape index (κ1) is 19.9. The number of hydrogen-bond donors (Lipinski definition) is 1. The molecular formula is C22H24N2O6. The Hall–Kier alpha value is -3.42. The molecular weight excluding hydrogens is 388 g/mol. The van der Waals surface area contributed by atoms with Crippen molar-refractivity contribution in [2.45, 2.75) is 12.8 Å². The summed E-state index contributed by atoms with van der Waals surface area (Å²) in [6.45, 7) is 1.00. The average Bonchev–Trinajstić information content (AvgIpc) is 3.39. The Morgan fingerprint density at radius 3 is 2.70 bits per heavy atom. The Morgan fingerprint density at radius 1 is 1.10 bits per heavy atom. The second kappa shape index (κ2) is 8.52. The molecule has 4 rings (SSSR count). The second-order valence-corrected chi connectivity index (χ2v) is 7.17. The van der Waals surface area contributed by atoms with Crippen LogP contribution in [0, 0.1) is 5.92 Å². The highest BCUT2D eigenvalue weighted by molar-refractivity contribution is 6.00. The van der Waals surface area contributed by atoms with Crippen molar-refractivity contribution < 1.29 is 28.5 Å². The van der Waals surface area contributed by atoms with E-state index in [0.29, 0.717) is 48.2 Å². The number of amides is 2. The monoisotopic (exact) mass is 412 g/mol. The van der Waals surface area contributed by atoms with Crippen molar-refractivity contribution >= 4 is 17.5 Å². The summed E-state index contributed by atoms with van der Waals surface area (Å²) in [5.74, 6) is 2.02. The minimum Gasteiger partial charge on any atom is -0.493 e. The molecule has 1 N–H and O–H groups in total. The molecule has 8 nitrogen and oxygen atoms in total. The highest BCUT2D eigenvalue weighted by Gasteiger charge is 2.35. The van der Waals surface area contributed by atoms with E-state index in [1.54, 1.807) is 31.3 Å². The minimum absolute atomic E-state index is 0.0751. The largest absolute Gasteiger partial charge is 0.493 e. The predicted octanol–water partition coefficient (Wildman–Crippen LogP) is 2.14. The van der Waals surface area contributed by atoms with E-state index in [0.717, 1.165) is 5.56 Å². The first-order valence-electron chi connectivity index (χ1n) is 9.77. The third kappa shape index (κ3) is 3.98. The number of rotatable bonds is 7. The topological polar surface area (TPSA) is 86.3 Å². The van der Waals surface area contributed by atoms with Crippen LogP contribution in [0.2, 0.25) is 0 Å². The van der Waals surface area contributed by atoms with Crippen LogP contribution < -0.4 is 29.2 Å². The third-order valence-corrected chi connectivity index (χ3v) is 5.32. The van der Waals surface area contributed by atoms with Crippen LogP contribution in [-0.2, 0) is 16.0 Å². The summed E-state index contributed by atoms with van der Waals surface area (Å²) in [6, 6.07) is 11.0. The molecule has 8 heteroatoms. The summed E-state index contributed by atoms with van der Waals surface area (Å²) in [5, 5.41) is 2.94. The number of nitrogens with one attached hydrogen (secondary N) is 1. The van der Waals surface area contributed by atoms with Crippen LogP contribution in [0.5, 0.6) is 23.0 Å². The number of hydrogen-bond acceptors (Lipinski definition) is 6. The molecule has 1 atom stereocenters. The van der Waals surface area contributed by atoms with Gasteiger partial charge < -0.3 is 29.2 Å². The van der Waals surface area contributed by atoms with Crippen molar-refractivity contribution in [3.8, 4) is 23.0 Å². The van der Waals surface area contributed by atoms with Crippen LogP contribution in [0.25, 0.3) is 0 Å². The maximum atomic E-state index is 12.6. The Bertz CT molecular complexity index is 961. The van der Waals surface area contributed by atoms with Crippen LogP contribution in [0.4, 0.5) is 5.69 Å². The molecule has 158 valence electrons. The standard InChI is InChI=1S/C22H24N2O6/c1-27-17-5-3-14(9-19(17)28-2)7-8-23-22(26)15-10-21(25)24(12-15)16-4-6-18-20(11-16)30-13-29-18/h3-6,9,11,15H,7-8,10,12-13H2,1-2H3,(H,23,26). The molecule has 1 unspecified atom stereocenters. The van der Waals surface area contributed by atoms with Crippen molar-refractivity contribution in [3.05, 3.63) is 42.0 Å². The summed E-state index contributed by atoms with van der Waals surface area (Å²) < 4.78 is 21.2. The first-order chi connectivity index (χ1) is 14.6. The van der Waals surface area contributed by atoms with Gasteiger partial charge in [-0.15, -0.1) is 0 Å². The van der Waals surface area contributed by atoms with Gasteiger partial charge in [0.15, 0.2) is 23.0 Å². The maximum Gasteiger partial charge on any atom is 0.231 e. The lowest BCUT2D eigenvalue weighted by Gasteiger charge is -2.17. The Balaban J connectivity index is 1.32. The molecule has 0 aromatic heterocycles. The minimum atomic E-state index is -0.381. The van der Waals surface area contributed by atoms with Crippen molar-refractivity contribution in [1.29, 1.82) is 0 Å². The van der Waals surface area contributed by atoms with Gasteiger partial charge in [-0.3, -0.25) is 9.59 Å². The van der Waals surface area contributed by atoms with E-state index in [1.165, 1.54) is 0 Å². The molecule has 2 aromatic carbocycles. The number of nitrogens with zero attached hydrogens (tertiary/aromatic N) is 1. The quantitative estimate of drug-likeness (QED) is 0.750. The van der Waals surface area contributed by atoms with Gasteiger partial charge in [-0.2, -0.15) is 0 Å². The van der Waals surface area contributed by atoms with Gasteiger partial charge in [0.1, 0.15) is 0 Å². The molecule has 2 heterocycles. The van der Waals surface area contributed by atoms with Gasteiger partial charge in [0.25, 0.3) is 0 Å². The SMILES string of the molecule is COc1ccc(CCNC(=O)C2CC(=O)N(c3ccc4c(c3)OCO4)C2)cc1OC. The van der Waals surface area contributed by atoms with Crippen LogP contribution in [0.15, 0.2) is 36.4 Å². The fourth-order valence-corrected chi connectivity index (χ4v) is 3.70. The number of anilines is 1. The first-order valence-corrected chi connectivity index (χ1v) is 9.77. The van der Waals surface area contributed by atoms with Crippen LogP contribution in [0.3, 0.4) is 0 Å². The summed E-state index contributed by atoms with van der Waals surface area (Å²) in [5.41, 5.74) is 1.74. The Morgan fingerprint density at radius 2 is 1.90 bits per heavy atom. The smallest absolute Gasteiger partial charge is 0.231 e. The van der Waals surface area contributed by atoms with E-state index >= 15 is 0 Å². The molecule has 2 aromatic rings. The molecule has 0 saturated carbocycles. The van der Waals surface area contributed by atoms with E-state index in [-0.39, 0.29) is 30.9 Å². The van der Waals surface area contributed by atoms with Crippen LogP contribution in [-0.4, -0.2) is 45.9 Å². The van der Waals surface area contributed by atoms with Gasteiger partial charge in [-0.1, -0.05) is 6.07 Å². The number of carbonyl (C=O) groups excluding carboxylic acids is 2. The lowest BCUT2D eigenvalue weighted by molar-refractivity contribution is -0.126. The average molecular weight is 412 g/mol. The summed E-state index contributed by atoms with van der Waals surface area (Å²) in [4.78, 5) is 26.7. The molecule has 0 radical (unpaired) electrons. The molecule has 2 aliphatic heterocycles. The number of ether oxygens (including phenoxy) is 4. The van der Waals surface area contributed by atoms with Gasteiger partial charge in [0.05, 0.1) is 20.1 Å². The fourth-order valence-electron chi connectivity index (χ4n) is 3.70. The molecule has 1 fully saturated rings. The zero-order chi connectivity index (χ0) is 21.1. The van der Waals surface area contributed by atoms with Crippen molar-refractivity contribution in [2.75, 3.05) is 39.0 Å². The molecule has 0 aliphatic carbocycles. The number of methoxy groups -OCH3 is 2. The molecule has 0 bridgehead atoms. The van der Waals surface area contributed by atoms with E-state index in [2.05, 4.69) is 5.32 Å². The molecule has 2 amide bonds. The highest BCUT2D eigenvalue weighted by atomic mass is 16.7. The van der Waals surface area contributed by atoms with Crippen molar-refractivity contribution in [2.24, 2.45) is 5.92 Å². The molecule has 0 spiro atoms. The lowest BCUT2D eigenvalue weighted by Crippen LogP contribution is -2.34. The predicted molar refractivity (Wildman–Crippen MR) is 109 cm³/mol. The Kier molecular flexibility index (Phi) is 5.65. The molecule has 1 saturated heterocycles. The van der Waals surface area contributed by atoms with Crippen LogP contribution in [0.1, 0.15) is 12.0 Å². The van der Waals surface area contributed by atoms with Gasteiger partial charge in [-0.25, -0.2) is 0 Å². The molecule has 30 heavy (non-hydrogen) atoms. The third-order valence-electron chi connectivity index (χ3n) is 5.32. The van der Waals surface area contributed by atoms with Crippen molar-refractivity contribution in [3.63, 3.8) is 0 Å². The van der Waals surface area contributed by atoms with Crippen molar-refractivity contribution in [1.82, 2.24) is 5.32 Å². The maximum absolute atomic E-state index is 12.6. The normalized spacial score (nSPS) is 17.2. The Labute approximate surface area is 174 Å². The molecule has 2 aliphatic rings. The number of carbonyl (C=O) groups is 2. The van der Waals surface area contributed by atoms with E-state index in [4.69, 9.17) is 18.9 Å². The summed E-state index contributed by atoms with van der Waals surface area (Å²) in [7, 11) is 3.18. The zero-order valence-electron chi connectivity index (χ0n) is 17.0. The van der Waals surface area contributed by atoms with Crippen LogP contribution >= 0.6 is 0 Å². The van der Waals surface area contributed by atoms with E-state index in [1.807, 2.05) is 24.3 Å².